The number of benzene rings is 2. The van der Waals surface area contributed by atoms with E-state index in [1.165, 1.54) is 16.8 Å². The molecule has 0 saturated carbocycles. The lowest BCUT2D eigenvalue weighted by Crippen LogP contribution is -2.46. The molecule has 1 aliphatic rings. The van der Waals surface area contributed by atoms with Crippen molar-refractivity contribution in [2.24, 2.45) is 0 Å². The van der Waals surface area contributed by atoms with Crippen LogP contribution < -0.4 is 4.90 Å². The maximum atomic E-state index is 11.1. The molecule has 2 aromatic rings. The third-order valence-corrected chi connectivity index (χ3v) is 4.87. The predicted octanol–water partition coefficient (Wildman–Crippen LogP) is 4.05. The van der Waals surface area contributed by atoms with Crippen molar-refractivity contribution in [3.05, 3.63) is 75.3 Å². The first-order chi connectivity index (χ1) is 12.5. The van der Waals surface area contributed by atoms with Gasteiger partial charge in [-0.1, -0.05) is 36.4 Å². The van der Waals surface area contributed by atoms with E-state index in [4.69, 9.17) is 0 Å². The number of nitrogens with zero attached hydrogens (tertiary/aromatic N) is 3. The van der Waals surface area contributed by atoms with Gasteiger partial charge in [0.05, 0.1) is 10.5 Å². The van der Waals surface area contributed by atoms with Crippen LogP contribution in [0.5, 0.6) is 0 Å². The van der Waals surface area contributed by atoms with Crippen LogP contribution in [0, 0.1) is 24.0 Å². The second-order valence-electron chi connectivity index (χ2n) is 6.80. The number of para-hydroxylation sites is 1. The van der Waals surface area contributed by atoms with Crippen LogP contribution in [-0.2, 0) is 0 Å². The summed E-state index contributed by atoms with van der Waals surface area (Å²) in [5.41, 5.74) is 4.76. The molecular formula is C21H25N3O2. The summed E-state index contributed by atoms with van der Waals surface area (Å²) in [5.74, 6) is 0. The molecule has 1 aliphatic heterocycles. The Labute approximate surface area is 154 Å². The van der Waals surface area contributed by atoms with E-state index in [1.54, 1.807) is 18.2 Å². The van der Waals surface area contributed by atoms with Crippen molar-refractivity contribution >= 4 is 17.5 Å². The summed E-state index contributed by atoms with van der Waals surface area (Å²) in [4.78, 5) is 15.6. The van der Waals surface area contributed by atoms with Gasteiger partial charge in [0.1, 0.15) is 0 Å². The normalized spacial score (nSPS) is 15.5. The zero-order valence-electron chi connectivity index (χ0n) is 15.4. The predicted molar refractivity (Wildman–Crippen MR) is 107 cm³/mol. The second-order valence-corrected chi connectivity index (χ2v) is 6.80. The Hall–Kier alpha value is -2.66. The molecule has 1 fully saturated rings. The van der Waals surface area contributed by atoms with Crippen molar-refractivity contribution < 1.29 is 4.92 Å². The first kappa shape index (κ1) is 18.1. The molecular weight excluding hydrogens is 326 g/mol. The van der Waals surface area contributed by atoms with Gasteiger partial charge in [0, 0.05) is 44.5 Å². The number of nitro groups is 1. The van der Waals surface area contributed by atoms with Gasteiger partial charge < -0.3 is 4.90 Å². The molecule has 0 unspecified atom stereocenters. The second kappa shape index (κ2) is 8.15. The fourth-order valence-corrected chi connectivity index (χ4v) is 3.35. The quantitative estimate of drug-likeness (QED) is 0.602. The standard InChI is InChI=1S/C21H25N3O2/c1-17-9-10-18(2)21(16-17)23-14-12-22(13-15-23)11-5-7-19-6-3-4-8-20(19)24(25)26/h3-10,16H,11-15H2,1-2H3. The number of piperazine rings is 1. The molecule has 0 bridgehead atoms. The molecule has 136 valence electrons. The van der Waals surface area contributed by atoms with Crippen LogP contribution in [0.2, 0.25) is 0 Å². The van der Waals surface area contributed by atoms with Gasteiger partial charge in [0.2, 0.25) is 0 Å². The molecule has 0 radical (unpaired) electrons. The van der Waals surface area contributed by atoms with Crippen LogP contribution in [0.1, 0.15) is 16.7 Å². The highest BCUT2D eigenvalue weighted by Gasteiger charge is 2.17. The smallest absolute Gasteiger partial charge is 0.276 e. The van der Waals surface area contributed by atoms with Crippen LogP contribution in [0.25, 0.3) is 6.08 Å². The number of rotatable bonds is 5. The van der Waals surface area contributed by atoms with E-state index in [1.807, 2.05) is 18.2 Å². The third kappa shape index (κ3) is 4.29. The summed E-state index contributed by atoms with van der Waals surface area (Å²) in [7, 11) is 0. The lowest BCUT2D eigenvalue weighted by molar-refractivity contribution is -0.385. The zero-order valence-corrected chi connectivity index (χ0v) is 15.4. The molecule has 0 aliphatic carbocycles. The van der Waals surface area contributed by atoms with Crippen molar-refractivity contribution in [2.75, 3.05) is 37.6 Å². The summed E-state index contributed by atoms with van der Waals surface area (Å²) >= 11 is 0. The van der Waals surface area contributed by atoms with E-state index < -0.39 is 0 Å². The minimum absolute atomic E-state index is 0.156. The highest BCUT2D eigenvalue weighted by atomic mass is 16.6. The van der Waals surface area contributed by atoms with Crippen LogP contribution in [-0.4, -0.2) is 42.5 Å². The van der Waals surface area contributed by atoms with Gasteiger partial charge in [0.15, 0.2) is 0 Å². The van der Waals surface area contributed by atoms with Crippen LogP contribution in [0.4, 0.5) is 11.4 Å². The number of nitro benzene ring substituents is 1. The van der Waals surface area contributed by atoms with E-state index in [9.17, 15) is 10.1 Å². The monoisotopic (exact) mass is 351 g/mol. The van der Waals surface area contributed by atoms with Crippen molar-refractivity contribution in [1.29, 1.82) is 0 Å². The number of anilines is 1. The van der Waals surface area contributed by atoms with Crippen LogP contribution >= 0.6 is 0 Å². The molecule has 0 atom stereocenters. The molecule has 0 aromatic heterocycles. The van der Waals surface area contributed by atoms with E-state index in [0.717, 1.165) is 32.7 Å². The van der Waals surface area contributed by atoms with Gasteiger partial charge in [-0.3, -0.25) is 15.0 Å². The zero-order chi connectivity index (χ0) is 18.5. The summed E-state index contributed by atoms with van der Waals surface area (Å²) in [5, 5.41) is 11.1. The van der Waals surface area contributed by atoms with Crippen LogP contribution in [0.15, 0.2) is 48.5 Å². The molecule has 5 nitrogen and oxygen atoms in total. The van der Waals surface area contributed by atoms with Gasteiger partial charge in [0.25, 0.3) is 5.69 Å². The van der Waals surface area contributed by atoms with Crippen molar-refractivity contribution in [3.63, 3.8) is 0 Å². The number of aryl methyl sites for hydroxylation is 2. The third-order valence-electron chi connectivity index (χ3n) is 4.87. The first-order valence-corrected chi connectivity index (χ1v) is 8.99. The summed E-state index contributed by atoms with van der Waals surface area (Å²) in [6, 6.07) is 13.5. The lowest BCUT2D eigenvalue weighted by atomic mass is 10.1. The molecule has 3 rings (SSSR count). The fourth-order valence-electron chi connectivity index (χ4n) is 3.35. The molecule has 26 heavy (non-hydrogen) atoms. The molecule has 0 N–H and O–H groups in total. The summed E-state index contributed by atoms with van der Waals surface area (Å²) in [6.07, 6.45) is 3.88. The summed E-state index contributed by atoms with van der Waals surface area (Å²) < 4.78 is 0. The molecule has 1 heterocycles. The van der Waals surface area contributed by atoms with Gasteiger partial charge in [-0.05, 0) is 37.1 Å². The largest absolute Gasteiger partial charge is 0.369 e. The number of hydrogen-bond donors (Lipinski definition) is 0. The average Bonchev–Trinajstić information content (AvgIpc) is 2.65. The molecule has 1 saturated heterocycles. The molecule has 0 amide bonds. The van der Waals surface area contributed by atoms with E-state index >= 15 is 0 Å². The highest BCUT2D eigenvalue weighted by Crippen LogP contribution is 2.23. The van der Waals surface area contributed by atoms with Gasteiger partial charge in [-0.2, -0.15) is 0 Å². The Balaban J connectivity index is 1.56. The SMILES string of the molecule is Cc1ccc(C)c(N2CCN(CC=Cc3ccccc3[N+](=O)[O-])CC2)c1. The lowest BCUT2D eigenvalue weighted by Gasteiger charge is -2.36. The Bertz CT molecular complexity index is 809. The van der Waals surface area contributed by atoms with Crippen molar-refractivity contribution in [1.82, 2.24) is 4.90 Å². The average molecular weight is 351 g/mol. The van der Waals surface area contributed by atoms with E-state index in [-0.39, 0.29) is 10.6 Å². The maximum absolute atomic E-state index is 11.1. The Kier molecular flexibility index (Phi) is 5.68. The van der Waals surface area contributed by atoms with E-state index in [2.05, 4.69) is 41.8 Å². The minimum Gasteiger partial charge on any atom is -0.369 e. The van der Waals surface area contributed by atoms with Crippen LogP contribution in [0.3, 0.4) is 0 Å². The topological polar surface area (TPSA) is 49.6 Å². The van der Waals surface area contributed by atoms with Crippen molar-refractivity contribution in [2.45, 2.75) is 13.8 Å². The minimum atomic E-state index is -0.331. The highest BCUT2D eigenvalue weighted by molar-refractivity contribution is 5.60. The molecule has 5 heteroatoms. The Morgan fingerprint density at radius 2 is 1.81 bits per heavy atom. The Morgan fingerprint density at radius 3 is 2.54 bits per heavy atom. The maximum Gasteiger partial charge on any atom is 0.276 e. The molecule has 0 spiro atoms. The van der Waals surface area contributed by atoms with Gasteiger partial charge in [-0.25, -0.2) is 0 Å². The van der Waals surface area contributed by atoms with Crippen molar-refractivity contribution in [3.8, 4) is 0 Å². The van der Waals surface area contributed by atoms with Gasteiger partial charge >= 0.3 is 0 Å². The molecule has 2 aromatic carbocycles. The Morgan fingerprint density at radius 1 is 1.08 bits per heavy atom. The fraction of sp³-hybridized carbons (Fsp3) is 0.333. The number of hydrogen-bond acceptors (Lipinski definition) is 4. The van der Waals surface area contributed by atoms with E-state index in [0.29, 0.717) is 5.56 Å². The van der Waals surface area contributed by atoms with Gasteiger partial charge in [-0.15, -0.1) is 0 Å². The summed E-state index contributed by atoms with van der Waals surface area (Å²) in [6.45, 7) is 9.10. The first-order valence-electron chi connectivity index (χ1n) is 8.99.